The fraction of sp³-hybridized carbons (Fsp3) is 0.412. The minimum atomic E-state index is -0.850. The van der Waals surface area contributed by atoms with Crippen LogP contribution in [0.4, 0.5) is 0 Å². The number of hydrogen-bond donors (Lipinski definition) is 0. The Bertz CT molecular complexity index is 673. The molecule has 9 nitrogen and oxygen atoms in total. The summed E-state index contributed by atoms with van der Waals surface area (Å²) < 4.78 is 24.8. The van der Waals surface area contributed by atoms with Gasteiger partial charge in [-0.1, -0.05) is 0 Å². The van der Waals surface area contributed by atoms with Gasteiger partial charge in [-0.15, -0.1) is 0 Å². The first kappa shape index (κ1) is 18.0. The highest BCUT2D eigenvalue weighted by molar-refractivity contribution is 6.00. The topological polar surface area (TPSA) is 121 Å². The van der Waals surface area contributed by atoms with Crippen LogP contribution in [0.15, 0.2) is 18.2 Å². The standard InChI is InChI=1S/C17H16O9/c18-1-2-22-15(19)10-3-11(16(20)25-8-13-6-23-13)5-12(4-10)17(21)26-9-14-7-24-14/h1,3-5,13-14H,2,6-9H2. The zero-order valence-corrected chi connectivity index (χ0v) is 13.7. The molecule has 1 aromatic rings. The molecule has 3 rings (SSSR count). The highest BCUT2D eigenvalue weighted by Crippen LogP contribution is 2.17. The van der Waals surface area contributed by atoms with Crippen molar-refractivity contribution in [2.45, 2.75) is 12.2 Å². The first-order valence-electron chi connectivity index (χ1n) is 7.90. The number of esters is 3. The predicted octanol–water partition coefficient (Wildman–Crippen LogP) is 0.153. The Morgan fingerprint density at radius 2 is 1.23 bits per heavy atom. The summed E-state index contributed by atoms with van der Waals surface area (Å²) in [4.78, 5) is 46.6. The first-order chi connectivity index (χ1) is 12.6. The van der Waals surface area contributed by atoms with E-state index >= 15 is 0 Å². The molecule has 2 aliphatic heterocycles. The second-order valence-electron chi connectivity index (χ2n) is 5.67. The average Bonchev–Trinajstić information content (AvgIpc) is 3.56. The van der Waals surface area contributed by atoms with Crippen LogP contribution in [0.25, 0.3) is 0 Å². The molecule has 2 fully saturated rings. The van der Waals surface area contributed by atoms with Gasteiger partial charge in [-0.05, 0) is 18.2 Å². The van der Waals surface area contributed by atoms with Gasteiger partial charge in [-0.2, -0.15) is 0 Å². The molecule has 2 aliphatic rings. The molecule has 0 amide bonds. The van der Waals surface area contributed by atoms with Crippen molar-refractivity contribution in [2.75, 3.05) is 33.0 Å². The molecule has 2 atom stereocenters. The summed E-state index contributed by atoms with van der Waals surface area (Å²) in [7, 11) is 0. The van der Waals surface area contributed by atoms with Crippen molar-refractivity contribution >= 4 is 24.2 Å². The summed E-state index contributed by atoms with van der Waals surface area (Å²) in [5, 5.41) is 0. The molecule has 2 saturated heterocycles. The number of ether oxygens (including phenoxy) is 5. The van der Waals surface area contributed by atoms with Crippen LogP contribution in [0.3, 0.4) is 0 Å². The molecular weight excluding hydrogens is 348 g/mol. The van der Waals surface area contributed by atoms with Gasteiger partial charge in [0.1, 0.15) is 32.0 Å². The number of hydrogen-bond acceptors (Lipinski definition) is 9. The van der Waals surface area contributed by atoms with Crippen molar-refractivity contribution in [1.29, 1.82) is 0 Å². The van der Waals surface area contributed by atoms with Crippen LogP contribution in [0.5, 0.6) is 0 Å². The monoisotopic (exact) mass is 364 g/mol. The van der Waals surface area contributed by atoms with E-state index in [1.165, 1.54) is 18.2 Å². The third-order valence-corrected chi connectivity index (χ3v) is 3.53. The van der Waals surface area contributed by atoms with Crippen molar-refractivity contribution < 1.29 is 42.9 Å². The molecule has 2 heterocycles. The van der Waals surface area contributed by atoms with E-state index < -0.39 is 24.5 Å². The van der Waals surface area contributed by atoms with Gasteiger partial charge in [0.15, 0.2) is 6.29 Å². The number of epoxide rings is 2. The number of carbonyl (C=O) groups excluding carboxylic acids is 4. The number of benzene rings is 1. The van der Waals surface area contributed by atoms with Crippen LogP contribution < -0.4 is 0 Å². The summed E-state index contributed by atoms with van der Waals surface area (Å²) in [6.07, 6.45) is 0.168. The van der Waals surface area contributed by atoms with E-state index in [-0.39, 0.29) is 42.1 Å². The summed E-state index contributed by atoms with van der Waals surface area (Å²) in [6.45, 7) is 0.762. The molecule has 2 unspecified atom stereocenters. The van der Waals surface area contributed by atoms with Crippen LogP contribution in [-0.2, 0) is 28.5 Å². The minimum absolute atomic E-state index is 0.0131. The van der Waals surface area contributed by atoms with Crippen LogP contribution in [0.1, 0.15) is 31.1 Å². The van der Waals surface area contributed by atoms with Crippen LogP contribution >= 0.6 is 0 Å². The lowest BCUT2D eigenvalue weighted by atomic mass is 10.1. The molecule has 0 radical (unpaired) electrons. The third kappa shape index (κ3) is 5.11. The van der Waals surface area contributed by atoms with Crippen molar-refractivity contribution in [3.8, 4) is 0 Å². The van der Waals surface area contributed by atoms with Gasteiger partial charge in [0, 0.05) is 0 Å². The molecule has 26 heavy (non-hydrogen) atoms. The lowest BCUT2D eigenvalue weighted by Gasteiger charge is -2.09. The fourth-order valence-corrected chi connectivity index (χ4v) is 2.01. The zero-order chi connectivity index (χ0) is 18.5. The molecule has 0 bridgehead atoms. The molecule has 9 heteroatoms. The maximum absolute atomic E-state index is 12.2. The minimum Gasteiger partial charge on any atom is -0.459 e. The Hall–Kier alpha value is -2.78. The molecule has 0 saturated carbocycles. The Labute approximate surface area is 148 Å². The number of carbonyl (C=O) groups is 4. The average molecular weight is 364 g/mol. The van der Waals surface area contributed by atoms with Gasteiger partial charge < -0.3 is 23.7 Å². The largest absolute Gasteiger partial charge is 0.459 e. The maximum atomic E-state index is 12.2. The number of aldehydes is 1. The smallest absolute Gasteiger partial charge is 0.338 e. The molecule has 0 aliphatic carbocycles. The molecule has 1 aromatic carbocycles. The van der Waals surface area contributed by atoms with E-state index in [0.29, 0.717) is 19.5 Å². The van der Waals surface area contributed by atoms with Gasteiger partial charge in [0.25, 0.3) is 0 Å². The Kier molecular flexibility index (Phi) is 5.59. The molecule has 0 N–H and O–H groups in total. The second-order valence-corrected chi connectivity index (χ2v) is 5.67. The van der Waals surface area contributed by atoms with E-state index in [1.807, 2.05) is 0 Å². The van der Waals surface area contributed by atoms with Crippen LogP contribution in [0.2, 0.25) is 0 Å². The van der Waals surface area contributed by atoms with E-state index in [1.54, 1.807) is 0 Å². The van der Waals surface area contributed by atoms with Gasteiger partial charge >= 0.3 is 17.9 Å². The zero-order valence-electron chi connectivity index (χ0n) is 13.7. The van der Waals surface area contributed by atoms with Crippen molar-refractivity contribution in [3.63, 3.8) is 0 Å². The SMILES string of the molecule is O=CCOC(=O)c1cc(C(=O)OCC2CO2)cc(C(=O)OCC2CO2)c1. The van der Waals surface area contributed by atoms with Gasteiger partial charge in [0.2, 0.25) is 0 Å². The quantitative estimate of drug-likeness (QED) is 0.261. The predicted molar refractivity (Wildman–Crippen MR) is 82.8 cm³/mol. The van der Waals surface area contributed by atoms with Crippen LogP contribution in [0, 0.1) is 0 Å². The highest BCUT2D eigenvalue weighted by atomic mass is 16.6. The Morgan fingerprint density at radius 1 is 0.846 bits per heavy atom. The van der Waals surface area contributed by atoms with Gasteiger partial charge in [-0.3, -0.25) is 4.79 Å². The van der Waals surface area contributed by atoms with E-state index in [0.717, 1.165) is 0 Å². The van der Waals surface area contributed by atoms with Crippen molar-refractivity contribution in [3.05, 3.63) is 34.9 Å². The van der Waals surface area contributed by atoms with Crippen molar-refractivity contribution in [1.82, 2.24) is 0 Å². The molecule has 0 spiro atoms. The summed E-state index contributed by atoms with van der Waals surface area (Å²) in [6, 6.07) is 3.72. The van der Waals surface area contributed by atoms with E-state index in [9.17, 15) is 19.2 Å². The third-order valence-electron chi connectivity index (χ3n) is 3.53. The highest BCUT2D eigenvalue weighted by Gasteiger charge is 2.27. The van der Waals surface area contributed by atoms with Crippen LogP contribution in [-0.4, -0.2) is 69.4 Å². The maximum Gasteiger partial charge on any atom is 0.338 e. The van der Waals surface area contributed by atoms with Crippen molar-refractivity contribution in [2.24, 2.45) is 0 Å². The molecule has 138 valence electrons. The van der Waals surface area contributed by atoms with Gasteiger partial charge in [-0.25, -0.2) is 14.4 Å². The summed E-state index contributed by atoms with van der Waals surface area (Å²) >= 11 is 0. The first-order valence-corrected chi connectivity index (χ1v) is 7.90. The van der Waals surface area contributed by atoms with E-state index in [4.69, 9.17) is 23.7 Å². The lowest BCUT2D eigenvalue weighted by molar-refractivity contribution is -0.110. The number of rotatable bonds is 9. The summed E-state index contributed by atoms with van der Waals surface area (Å²) in [5.41, 5.74) is -0.0970. The lowest BCUT2D eigenvalue weighted by Crippen LogP contribution is -2.16. The second kappa shape index (κ2) is 8.07. The van der Waals surface area contributed by atoms with Gasteiger partial charge in [0.05, 0.1) is 29.9 Å². The summed E-state index contributed by atoms with van der Waals surface area (Å²) in [5.74, 6) is -2.29. The van der Waals surface area contributed by atoms with E-state index in [2.05, 4.69) is 0 Å². The fourth-order valence-electron chi connectivity index (χ4n) is 2.01. The molecule has 0 aromatic heterocycles. The normalized spacial score (nSPS) is 20.0. The Balaban J connectivity index is 1.76. The Morgan fingerprint density at radius 3 is 1.58 bits per heavy atom. The molecular formula is C17H16O9.